The van der Waals surface area contributed by atoms with E-state index in [9.17, 15) is 0 Å². The third kappa shape index (κ3) is 8.71. The first-order chi connectivity index (χ1) is 35.4. The van der Waals surface area contributed by atoms with E-state index >= 15 is 0 Å². The van der Waals surface area contributed by atoms with Crippen LogP contribution in [0.3, 0.4) is 0 Å². The monoisotopic (exact) mass is 946 g/mol. The van der Waals surface area contributed by atoms with Crippen LogP contribution in [0.15, 0.2) is 231 Å². The summed E-state index contributed by atoms with van der Waals surface area (Å²) in [5.74, 6) is 2.38. The number of ether oxygens (including phenoxy) is 1. The zero-order chi connectivity index (χ0) is 49.8. The largest absolute Gasteiger partial charge is 0.457 e. The fourth-order valence-electron chi connectivity index (χ4n) is 10.5. The molecule has 1 aliphatic heterocycles. The molecule has 0 fully saturated rings. The number of hydrogen-bond donors (Lipinski definition) is 0. The van der Waals surface area contributed by atoms with Crippen LogP contribution < -0.4 is 14.5 Å². The van der Waals surface area contributed by atoms with E-state index < -0.39 is 0 Å². The van der Waals surface area contributed by atoms with Gasteiger partial charge in [-0.3, -0.25) is 4.57 Å². The highest BCUT2D eigenvalue weighted by atomic mass is 16.5. The molecule has 356 valence electrons. The zero-order valence-corrected chi connectivity index (χ0v) is 42.3. The van der Waals surface area contributed by atoms with Crippen molar-refractivity contribution in [1.82, 2.24) is 9.55 Å². The van der Waals surface area contributed by atoms with Crippen molar-refractivity contribution >= 4 is 44.6 Å². The summed E-state index contributed by atoms with van der Waals surface area (Å²) in [5.41, 5.74) is 18.6. The standard InChI is InChI=1S/C68H58N4O/c1-67(2,3)53-30-32-58(48-23-14-9-15-24-48)64(41-53)71-45-70(62-27-16-17-28-63(62)71)55-25-18-26-56(43-55)73-57-31-33-59-60-40-49(29-34-61(60)72(65(59)44-57)66-42-54(35-36-69-66)68(4,5)6)52-38-50(46-19-10-7-11-20-46)37-51(39-52)47-21-12-8-13-22-47/h7-44H,45H2,1-6H3. The van der Waals surface area contributed by atoms with E-state index in [2.05, 4.69) is 280 Å². The number of nitrogens with zero attached hydrogens (tertiary/aromatic N) is 4. The Hall–Kier alpha value is -8.67. The van der Waals surface area contributed by atoms with Crippen molar-refractivity contribution in [2.45, 2.75) is 52.4 Å². The van der Waals surface area contributed by atoms with Crippen LogP contribution in [0, 0.1) is 0 Å². The van der Waals surface area contributed by atoms with Crippen LogP contribution in [-0.4, -0.2) is 16.2 Å². The number of fused-ring (bicyclic) bond motifs is 4. The maximum atomic E-state index is 6.91. The molecule has 5 nitrogen and oxygen atoms in total. The number of benzene rings is 9. The minimum Gasteiger partial charge on any atom is -0.457 e. The predicted molar refractivity (Wildman–Crippen MR) is 306 cm³/mol. The molecule has 73 heavy (non-hydrogen) atoms. The Morgan fingerprint density at radius 3 is 1.63 bits per heavy atom. The second kappa shape index (κ2) is 18.2. The van der Waals surface area contributed by atoms with Crippen LogP contribution in [0.25, 0.3) is 72.1 Å². The van der Waals surface area contributed by atoms with Crippen LogP contribution in [0.4, 0.5) is 22.7 Å². The minimum absolute atomic E-state index is 0.00950. The van der Waals surface area contributed by atoms with Gasteiger partial charge in [-0.2, -0.15) is 0 Å². The van der Waals surface area contributed by atoms with Gasteiger partial charge in [0.15, 0.2) is 0 Å². The molecular weight excluding hydrogens is 889 g/mol. The quantitative estimate of drug-likeness (QED) is 0.144. The summed E-state index contributed by atoms with van der Waals surface area (Å²) in [6.07, 6.45) is 1.94. The molecule has 11 aromatic rings. The molecule has 3 heterocycles. The summed E-state index contributed by atoms with van der Waals surface area (Å²) in [6, 6.07) is 80.9. The van der Waals surface area contributed by atoms with Gasteiger partial charge in [-0.05, 0) is 146 Å². The molecule has 0 aliphatic carbocycles. The average molecular weight is 947 g/mol. The lowest BCUT2D eigenvalue weighted by atomic mass is 9.85. The predicted octanol–water partition coefficient (Wildman–Crippen LogP) is 18.5. The fraction of sp³-hybridized carbons (Fsp3) is 0.132. The van der Waals surface area contributed by atoms with E-state index in [4.69, 9.17) is 9.72 Å². The summed E-state index contributed by atoms with van der Waals surface area (Å²) in [5, 5.41) is 2.28. The molecule has 5 heteroatoms. The highest BCUT2D eigenvalue weighted by Crippen LogP contribution is 2.48. The highest BCUT2D eigenvalue weighted by Gasteiger charge is 2.31. The van der Waals surface area contributed by atoms with Gasteiger partial charge in [0.2, 0.25) is 0 Å². The normalized spacial score (nSPS) is 12.7. The van der Waals surface area contributed by atoms with Crippen molar-refractivity contribution in [1.29, 1.82) is 0 Å². The lowest BCUT2D eigenvalue weighted by Gasteiger charge is -2.27. The molecule has 1 aliphatic rings. The Balaban J connectivity index is 0.937. The van der Waals surface area contributed by atoms with Crippen molar-refractivity contribution in [3.05, 3.63) is 242 Å². The fourth-order valence-corrected chi connectivity index (χ4v) is 10.5. The van der Waals surface area contributed by atoms with E-state index in [0.29, 0.717) is 6.67 Å². The number of para-hydroxylation sites is 2. The molecule has 0 N–H and O–H groups in total. The molecule has 9 aromatic carbocycles. The van der Waals surface area contributed by atoms with Gasteiger partial charge in [-0.15, -0.1) is 0 Å². The topological polar surface area (TPSA) is 33.5 Å². The highest BCUT2D eigenvalue weighted by molar-refractivity contribution is 6.11. The van der Waals surface area contributed by atoms with Crippen molar-refractivity contribution in [2.24, 2.45) is 0 Å². The van der Waals surface area contributed by atoms with Crippen molar-refractivity contribution in [3.63, 3.8) is 0 Å². The molecule has 0 amide bonds. The Labute approximate surface area is 429 Å². The first-order valence-corrected chi connectivity index (χ1v) is 25.4. The van der Waals surface area contributed by atoms with Crippen LogP contribution in [-0.2, 0) is 10.8 Å². The summed E-state index contributed by atoms with van der Waals surface area (Å²) in [4.78, 5) is 9.89. The number of rotatable bonds is 9. The number of aromatic nitrogens is 2. The number of anilines is 4. The van der Waals surface area contributed by atoms with Gasteiger partial charge >= 0.3 is 0 Å². The van der Waals surface area contributed by atoms with Crippen LogP contribution in [0.2, 0.25) is 0 Å². The van der Waals surface area contributed by atoms with Gasteiger partial charge in [-0.1, -0.05) is 169 Å². The lowest BCUT2D eigenvalue weighted by molar-refractivity contribution is 0.483. The second-order valence-electron chi connectivity index (χ2n) is 21.4. The SMILES string of the molecule is CC(C)(C)c1ccnc(-n2c3ccc(-c4cc(-c5ccccc5)cc(-c5ccccc5)c4)cc3c3ccc(Oc4cccc(N5CN(c6cc(C(C)(C)C)ccc6-c6ccccc6)c6ccccc65)c4)cc32)c1. The first kappa shape index (κ1) is 45.5. The Morgan fingerprint density at radius 1 is 0.384 bits per heavy atom. The summed E-state index contributed by atoms with van der Waals surface area (Å²) in [6.45, 7) is 14.3. The maximum Gasteiger partial charge on any atom is 0.137 e. The lowest BCUT2D eigenvalue weighted by Crippen LogP contribution is -2.25. The van der Waals surface area contributed by atoms with E-state index in [1.54, 1.807) is 0 Å². The smallest absolute Gasteiger partial charge is 0.137 e. The summed E-state index contributed by atoms with van der Waals surface area (Å²) >= 11 is 0. The second-order valence-corrected chi connectivity index (χ2v) is 21.4. The molecule has 0 saturated carbocycles. The first-order valence-electron chi connectivity index (χ1n) is 25.4. The molecule has 0 radical (unpaired) electrons. The summed E-state index contributed by atoms with van der Waals surface area (Å²) in [7, 11) is 0. The van der Waals surface area contributed by atoms with E-state index in [1.807, 2.05) is 6.20 Å². The van der Waals surface area contributed by atoms with Crippen molar-refractivity contribution in [3.8, 4) is 61.8 Å². The van der Waals surface area contributed by atoms with Crippen LogP contribution >= 0.6 is 0 Å². The molecule has 0 saturated heterocycles. The van der Waals surface area contributed by atoms with Gasteiger partial charge < -0.3 is 14.5 Å². The number of pyridine rings is 1. The molecule has 0 spiro atoms. The Morgan fingerprint density at radius 2 is 0.973 bits per heavy atom. The minimum atomic E-state index is -0.0589. The zero-order valence-electron chi connectivity index (χ0n) is 42.3. The van der Waals surface area contributed by atoms with Crippen LogP contribution in [0.5, 0.6) is 11.5 Å². The molecular formula is C68H58N4O. The third-order valence-corrected chi connectivity index (χ3v) is 14.4. The Bertz CT molecular complexity index is 3770. The molecule has 0 unspecified atom stereocenters. The van der Waals surface area contributed by atoms with Gasteiger partial charge in [0.05, 0.1) is 28.1 Å². The Kier molecular flexibility index (Phi) is 11.3. The van der Waals surface area contributed by atoms with Gasteiger partial charge in [-0.25, -0.2) is 4.98 Å². The maximum absolute atomic E-state index is 6.91. The van der Waals surface area contributed by atoms with Gasteiger partial charge in [0.25, 0.3) is 0 Å². The molecule has 2 aromatic heterocycles. The van der Waals surface area contributed by atoms with E-state index in [-0.39, 0.29) is 10.8 Å². The van der Waals surface area contributed by atoms with E-state index in [0.717, 1.165) is 61.6 Å². The molecule has 0 atom stereocenters. The van der Waals surface area contributed by atoms with Gasteiger partial charge in [0, 0.05) is 40.4 Å². The average Bonchev–Trinajstić information content (AvgIpc) is 3.97. The number of hydrogen-bond acceptors (Lipinski definition) is 4. The molecule has 12 rings (SSSR count). The van der Waals surface area contributed by atoms with Gasteiger partial charge in [0.1, 0.15) is 24.0 Å². The van der Waals surface area contributed by atoms with Crippen LogP contribution in [0.1, 0.15) is 52.7 Å². The van der Waals surface area contributed by atoms with Crippen molar-refractivity contribution < 1.29 is 4.74 Å². The third-order valence-electron chi connectivity index (χ3n) is 14.4. The van der Waals surface area contributed by atoms with Crippen molar-refractivity contribution in [2.75, 3.05) is 16.5 Å². The summed E-state index contributed by atoms with van der Waals surface area (Å²) < 4.78 is 9.21. The molecule has 0 bridgehead atoms. The van der Waals surface area contributed by atoms with E-state index in [1.165, 1.54) is 55.9 Å².